The third-order valence-corrected chi connectivity index (χ3v) is 3.38. The molecule has 0 radical (unpaired) electrons. The molecule has 23 heavy (non-hydrogen) atoms. The minimum absolute atomic E-state index is 0.131. The zero-order valence-electron chi connectivity index (χ0n) is 14.4. The minimum atomic E-state index is -0.228. The molecule has 5 heteroatoms. The topological polar surface area (TPSA) is 66.9 Å². The van der Waals surface area contributed by atoms with E-state index in [9.17, 15) is 4.79 Å². The molecule has 0 saturated heterocycles. The fraction of sp³-hybridized carbons (Fsp3) is 0.389. The van der Waals surface area contributed by atoms with Crippen LogP contribution in [-0.2, 0) is 6.42 Å². The second kappa shape index (κ2) is 6.77. The molecule has 5 nitrogen and oxygen atoms in total. The summed E-state index contributed by atoms with van der Waals surface area (Å²) < 4.78 is 0. The van der Waals surface area contributed by atoms with E-state index in [1.165, 1.54) is 6.33 Å². The first kappa shape index (κ1) is 16.9. The lowest BCUT2D eigenvalue weighted by molar-refractivity contribution is 0.102. The second-order valence-electron chi connectivity index (χ2n) is 6.58. The third-order valence-electron chi connectivity index (χ3n) is 3.38. The Hall–Kier alpha value is -2.43. The standard InChI is InChI=1S/C18H24N4O/c1-6-13-9-7-8-12(2)16(13)21-17(23)14-10-15(20-11-19-14)22-18(3,4)5/h7-11H,6H2,1-5H3,(H,21,23)(H,19,20,22). The maximum atomic E-state index is 12.5. The molecule has 0 saturated carbocycles. The van der Waals surface area contributed by atoms with Gasteiger partial charge >= 0.3 is 0 Å². The van der Waals surface area contributed by atoms with Crippen LogP contribution in [0.15, 0.2) is 30.6 Å². The number of amides is 1. The Kier molecular flexibility index (Phi) is 4.98. The molecule has 2 N–H and O–H groups in total. The van der Waals surface area contributed by atoms with E-state index in [0.29, 0.717) is 11.5 Å². The second-order valence-corrected chi connectivity index (χ2v) is 6.58. The van der Waals surface area contributed by atoms with Gasteiger partial charge in [-0.25, -0.2) is 9.97 Å². The van der Waals surface area contributed by atoms with E-state index in [2.05, 4.69) is 27.5 Å². The maximum Gasteiger partial charge on any atom is 0.274 e. The molecule has 0 aliphatic rings. The molecular weight excluding hydrogens is 288 g/mol. The number of benzene rings is 1. The molecule has 0 aliphatic heterocycles. The van der Waals surface area contributed by atoms with Crippen LogP contribution in [0.25, 0.3) is 0 Å². The molecule has 1 aromatic carbocycles. The van der Waals surface area contributed by atoms with Crippen LogP contribution in [0.2, 0.25) is 0 Å². The summed E-state index contributed by atoms with van der Waals surface area (Å²) in [5, 5.41) is 6.22. The van der Waals surface area contributed by atoms with Crippen LogP contribution in [0.5, 0.6) is 0 Å². The summed E-state index contributed by atoms with van der Waals surface area (Å²) in [5.74, 6) is 0.409. The molecule has 1 amide bonds. The molecule has 0 spiro atoms. The lowest BCUT2D eigenvalue weighted by Gasteiger charge is -2.21. The highest BCUT2D eigenvalue weighted by atomic mass is 16.1. The van der Waals surface area contributed by atoms with Gasteiger partial charge in [0.25, 0.3) is 5.91 Å². The van der Waals surface area contributed by atoms with E-state index in [0.717, 1.165) is 23.2 Å². The maximum absolute atomic E-state index is 12.5. The first-order valence-electron chi connectivity index (χ1n) is 7.80. The number of anilines is 2. The van der Waals surface area contributed by atoms with E-state index in [-0.39, 0.29) is 11.4 Å². The zero-order valence-corrected chi connectivity index (χ0v) is 14.4. The Balaban J connectivity index is 2.24. The summed E-state index contributed by atoms with van der Waals surface area (Å²) in [6, 6.07) is 7.68. The van der Waals surface area contributed by atoms with E-state index in [1.807, 2.05) is 45.9 Å². The summed E-state index contributed by atoms with van der Waals surface area (Å²) in [6.07, 6.45) is 2.26. The van der Waals surface area contributed by atoms with Crippen LogP contribution >= 0.6 is 0 Å². The van der Waals surface area contributed by atoms with E-state index >= 15 is 0 Å². The summed E-state index contributed by atoms with van der Waals surface area (Å²) in [4.78, 5) is 20.8. The Morgan fingerprint density at radius 2 is 1.96 bits per heavy atom. The smallest absolute Gasteiger partial charge is 0.274 e. The van der Waals surface area contributed by atoms with Crippen LogP contribution in [-0.4, -0.2) is 21.4 Å². The van der Waals surface area contributed by atoms with Gasteiger partial charge in [-0.15, -0.1) is 0 Å². The fourth-order valence-corrected chi connectivity index (χ4v) is 2.31. The van der Waals surface area contributed by atoms with Crippen LogP contribution in [0.4, 0.5) is 11.5 Å². The van der Waals surface area contributed by atoms with E-state index in [1.54, 1.807) is 6.07 Å². The van der Waals surface area contributed by atoms with Gasteiger partial charge in [0, 0.05) is 17.3 Å². The molecule has 2 aromatic rings. The van der Waals surface area contributed by atoms with Crippen molar-refractivity contribution in [1.82, 2.24) is 9.97 Å². The Morgan fingerprint density at radius 3 is 2.61 bits per heavy atom. The number of hydrogen-bond donors (Lipinski definition) is 2. The number of nitrogens with zero attached hydrogens (tertiary/aromatic N) is 2. The molecule has 0 unspecified atom stereocenters. The normalized spacial score (nSPS) is 11.2. The number of nitrogens with one attached hydrogen (secondary N) is 2. The number of hydrogen-bond acceptors (Lipinski definition) is 4. The number of carbonyl (C=O) groups excluding carboxylic acids is 1. The highest BCUT2D eigenvalue weighted by Gasteiger charge is 2.15. The predicted molar refractivity (Wildman–Crippen MR) is 93.9 cm³/mol. The molecule has 0 atom stereocenters. The predicted octanol–water partition coefficient (Wildman–Crippen LogP) is 3.81. The Morgan fingerprint density at radius 1 is 1.22 bits per heavy atom. The zero-order chi connectivity index (χ0) is 17.0. The van der Waals surface area contributed by atoms with Gasteiger partial charge < -0.3 is 10.6 Å². The van der Waals surface area contributed by atoms with Gasteiger partial charge in [-0.3, -0.25) is 4.79 Å². The number of aryl methyl sites for hydroxylation is 2. The lowest BCUT2D eigenvalue weighted by Crippen LogP contribution is -2.27. The average molecular weight is 312 g/mol. The largest absolute Gasteiger partial charge is 0.365 e. The van der Waals surface area contributed by atoms with Gasteiger partial charge in [-0.05, 0) is 45.2 Å². The van der Waals surface area contributed by atoms with Gasteiger partial charge in [-0.2, -0.15) is 0 Å². The van der Waals surface area contributed by atoms with Crippen LogP contribution in [0.3, 0.4) is 0 Å². The van der Waals surface area contributed by atoms with Crippen molar-refractivity contribution >= 4 is 17.4 Å². The molecule has 1 aromatic heterocycles. The summed E-state index contributed by atoms with van der Waals surface area (Å²) >= 11 is 0. The van der Waals surface area contributed by atoms with Crippen molar-refractivity contribution in [1.29, 1.82) is 0 Å². The highest BCUT2D eigenvalue weighted by molar-refractivity contribution is 6.04. The van der Waals surface area contributed by atoms with Crippen molar-refractivity contribution in [2.24, 2.45) is 0 Å². The third kappa shape index (κ3) is 4.52. The van der Waals surface area contributed by atoms with Crippen molar-refractivity contribution in [3.05, 3.63) is 47.4 Å². The fourth-order valence-electron chi connectivity index (χ4n) is 2.31. The molecule has 0 bridgehead atoms. The molecule has 0 fully saturated rings. The molecule has 1 heterocycles. The van der Waals surface area contributed by atoms with Gasteiger partial charge in [0.2, 0.25) is 0 Å². The van der Waals surface area contributed by atoms with Crippen molar-refractivity contribution in [2.45, 2.75) is 46.6 Å². The first-order chi connectivity index (χ1) is 10.8. The van der Waals surface area contributed by atoms with Crippen molar-refractivity contribution in [2.75, 3.05) is 10.6 Å². The van der Waals surface area contributed by atoms with Gasteiger partial charge in [0.1, 0.15) is 17.8 Å². The summed E-state index contributed by atoms with van der Waals surface area (Å²) in [7, 11) is 0. The van der Waals surface area contributed by atoms with Crippen LogP contribution in [0.1, 0.15) is 49.3 Å². The quantitative estimate of drug-likeness (QED) is 0.901. The molecule has 0 aliphatic carbocycles. The van der Waals surface area contributed by atoms with Crippen LogP contribution < -0.4 is 10.6 Å². The SMILES string of the molecule is CCc1cccc(C)c1NC(=O)c1cc(NC(C)(C)C)ncn1. The lowest BCUT2D eigenvalue weighted by atomic mass is 10.1. The van der Waals surface area contributed by atoms with Gasteiger partial charge in [0.05, 0.1) is 0 Å². The Labute approximate surface area is 137 Å². The summed E-state index contributed by atoms with van der Waals surface area (Å²) in [6.45, 7) is 10.2. The van der Waals surface area contributed by atoms with Gasteiger partial charge in [-0.1, -0.05) is 25.1 Å². The molecule has 2 rings (SSSR count). The first-order valence-corrected chi connectivity index (χ1v) is 7.80. The molecular formula is C18H24N4O. The van der Waals surface area contributed by atoms with E-state index in [4.69, 9.17) is 0 Å². The molecule has 122 valence electrons. The highest BCUT2D eigenvalue weighted by Crippen LogP contribution is 2.22. The number of carbonyl (C=O) groups is 1. The monoisotopic (exact) mass is 312 g/mol. The number of aromatic nitrogens is 2. The summed E-state index contributed by atoms with van der Waals surface area (Å²) in [5.41, 5.74) is 3.23. The van der Waals surface area contributed by atoms with Crippen molar-refractivity contribution < 1.29 is 4.79 Å². The number of rotatable bonds is 4. The minimum Gasteiger partial charge on any atom is -0.365 e. The van der Waals surface area contributed by atoms with E-state index < -0.39 is 0 Å². The Bertz CT molecular complexity index is 704. The van der Waals surface area contributed by atoms with Gasteiger partial charge in [0.15, 0.2) is 0 Å². The van der Waals surface area contributed by atoms with Crippen molar-refractivity contribution in [3.8, 4) is 0 Å². The van der Waals surface area contributed by atoms with Crippen LogP contribution in [0, 0.1) is 6.92 Å². The van der Waals surface area contributed by atoms with Crippen molar-refractivity contribution in [3.63, 3.8) is 0 Å². The number of para-hydroxylation sites is 1. The average Bonchev–Trinajstić information content (AvgIpc) is 2.47.